The first-order valence-corrected chi connectivity index (χ1v) is 12.3. The van der Waals surface area contributed by atoms with Crippen LogP contribution in [0.15, 0.2) is 47.5 Å². The van der Waals surface area contributed by atoms with Crippen LogP contribution in [0.5, 0.6) is 11.5 Å². The van der Waals surface area contributed by atoms with Crippen molar-refractivity contribution in [3.05, 3.63) is 58.6 Å². The van der Waals surface area contributed by atoms with Crippen LogP contribution in [0.3, 0.4) is 0 Å². The number of ether oxygens (including phenoxy) is 2. The summed E-state index contributed by atoms with van der Waals surface area (Å²) < 4.78 is 10.6. The van der Waals surface area contributed by atoms with Crippen LogP contribution in [-0.4, -0.2) is 42.0 Å². The summed E-state index contributed by atoms with van der Waals surface area (Å²) in [6, 6.07) is 13.6. The van der Waals surface area contributed by atoms with Crippen molar-refractivity contribution in [3.63, 3.8) is 0 Å². The number of phenols is 1. The summed E-state index contributed by atoms with van der Waals surface area (Å²) in [4.78, 5) is 16.1. The van der Waals surface area contributed by atoms with Gasteiger partial charge in [-0.25, -0.2) is 0 Å². The largest absolute Gasteiger partial charge is 0.504 e. The van der Waals surface area contributed by atoms with Crippen LogP contribution in [0, 0.1) is 0 Å². The van der Waals surface area contributed by atoms with E-state index in [2.05, 4.69) is 23.2 Å². The fraction of sp³-hybridized carbons (Fsp3) is 0.500. The monoisotopic (exact) mass is 467 g/mol. The van der Waals surface area contributed by atoms with Crippen molar-refractivity contribution in [3.8, 4) is 11.5 Å². The van der Waals surface area contributed by atoms with Crippen molar-refractivity contribution >= 4 is 11.5 Å². The van der Waals surface area contributed by atoms with Gasteiger partial charge in [-0.05, 0) is 61.4 Å². The number of para-hydroxylation sites is 1. The number of aromatic hydroxyl groups is 1. The predicted octanol–water partition coefficient (Wildman–Crippen LogP) is 3.84. The molecule has 0 saturated carbocycles. The van der Waals surface area contributed by atoms with Crippen LogP contribution in [0.2, 0.25) is 0 Å². The maximum atomic E-state index is 11.5. The zero-order chi connectivity index (χ0) is 24.3. The first kappa shape index (κ1) is 25.8. The highest BCUT2D eigenvalue weighted by Crippen LogP contribution is 2.27. The van der Waals surface area contributed by atoms with Gasteiger partial charge in [0.25, 0.3) is 0 Å². The van der Waals surface area contributed by atoms with Crippen LogP contribution >= 0.6 is 0 Å². The van der Waals surface area contributed by atoms with E-state index in [1.165, 1.54) is 24.8 Å². The van der Waals surface area contributed by atoms with Gasteiger partial charge in [-0.2, -0.15) is 0 Å². The SMILES string of the molecule is COc1cc(CCC(CC(O)CCCCCCC2=c3ccccc3=NC2)OC(C)=O)ccc1O. The fourth-order valence-electron chi connectivity index (χ4n) is 4.55. The van der Waals surface area contributed by atoms with Crippen molar-refractivity contribution < 1.29 is 24.5 Å². The molecule has 6 nitrogen and oxygen atoms in total. The lowest BCUT2D eigenvalue weighted by atomic mass is 9.98. The summed E-state index contributed by atoms with van der Waals surface area (Å²) >= 11 is 0. The predicted molar refractivity (Wildman–Crippen MR) is 132 cm³/mol. The van der Waals surface area contributed by atoms with E-state index in [9.17, 15) is 15.0 Å². The minimum atomic E-state index is -0.492. The van der Waals surface area contributed by atoms with E-state index in [-0.39, 0.29) is 17.8 Å². The molecule has 1 aliphatic rings. The van der Waals surface area contributed by atoms with Crippen LogP contribution in [0.4, 0.5) is 0 Å². The molecule has 0 fully saturated rings. The van der Waals surface area contributed by atoms with Crippen molar-refractivity contribution in [2.75, 3.05) is 13.7 Å². The van der Waals surface area contributed by atoms with Crippen molar-refractivity contribution in [2.45, 2.75) is 76.9 Å². The van der Waals surface area contributed by atoms with Gasteiger partial charge in [-0.1, -0.05) is 43.5 Å². The van der Waals surface area contributed by atoms with E-state index >= 15 is 0 Å². The lowest BCUT2D eigenvalue weighted by molar-refractivity contribution is -0.148. The molecule has 184 valence electrons. The Kier molecular flexibility index (Phi) is 9.95. The van der Waals surface area contributed by atoms with Gasteiger partial charge in [0.1, 0.15) is 6.10 Å². The highest BCUT2D eigenvalue weighted by Gasteiger charge is 2.18. The molecule has 0 spiro atoms. The van der Waals surface area contributed by atoms with Crippen molar-refractivity contribution in [1.29, 1.82) is 0 Å². The molecule has 1 aliphatic heterocycles. The summed E-state index contributed by atoms with van der Waals surface area (Å²) in [5.74, 6) is 0.185. The second-order valence-corrected chi connectivity index (χ2v) is 9.06. The van der Waals surface area contributed by atoms with Gasteiger partial charge < -0.3 is 19.7 Å². The number of fused-ring (bicyclic) bond motifs is 1. The molecule has 34 heavy (non-hydrogen) atoms. The third kappa shape index (κ3) is 7.87. The number of benzene rings is 2. The first-order chi connectivity index (χ1) is 16.5. The number of aliphatic hydroxyl groups excluding tert-OH is 1. The average Bonchev–Trinajstić information content (AvgIpc) is 3.23. The van der Waals surface area contributed by atoms with Gasteiger partial charge in [0.2, 0.25) is 0 Å². The molecular weight excluding hydrogens is 430 g/mol. The normalized spacial score (nSPS) is 14.3. The molecule has 0 bridgehead atoms. The number of esters is 1. The number of phenolic OH excluding ortho intramolecular Hbond substituents is 1. The van der Waals surface area contributed by atoms with Crippen molar-refractivity contribution in [2.24, 2.45) is 4.99 Å². The average molecular weight is 468 g/mol. The number of nitrogens with zero attached hydrogens (tertiary/aromatic N) is 1. The number of carbonyl (C=O) groups is 1. The summed E-state index contributed by atoms with van der Waals surface area (Å²) in [6.45, 7) is 2.23. The lowest BCUT2D eigenvalue weighted by Gasteiger charge is -2.20. The Hall–Kier alpha value is -2.86. The Bertz CT molecular complexity index is 1060. The molecule has 6 heteroatoms. The van der Waals surface area contributed by atoms with Crippen LogP contribution in [-0.2, 0) is 16.0 Å². The van der Waals surface area contributed by atoms with Gasteiger partial charge in [0.15, 0.2) is 11.5 Å². The van der Waals surface area contributed by atoms with Gasteiger partial charge in [-0.3, -0.25) is 9.79 Å². The van der Waals surface area contributed by atoms with E-state index in [1.807, 2.05) is 12.1 Å². The number of carbonyl (C=O) groups excluding carboxylic acids is 1. The smallest absolute Gasteiger partial charge is 0.302 e. The lowest BCUT2D eigenvalue weighted by Crippen LogP contribution is -2.23. The van der Waals surface area contributed by atoms with Gasteiger partial charge in [0, 0.05) is 18.6 Å². The topological polar surface area (TPSA) is 88.4 Å². The number of hydrogen-bond donors (Lipinski definition) is 2. The van der Waals surface area contributed by atoms with Gasteiger partial charge >= 0.3 is 5.97 Å². The molecule has 0 radical (unpaired) electrons. The third-order valence-corrected chi connectivity index (χ3v) is 6.36. The van der Waals surface area contributed by atoms with Crippen LogP contribution < -0.4 is 15.3 Å². The molecule has 0 amide bonds. The van der Waals surface area contributed by atoms with E-state index in [0.717, 1.165) is 49.6 Å². The Labute approximate surface area is 202 Å². The quantitative estimate of drug-likeness (QED) is 0.326. The fourth-order valence-corrected chi connectivity index (χ4v) is 4.55. The van der Waals surface area contributed by atoms with E-state index in [4.69, 9.17) is 9.47 Å². The minimum absolute atomic E-state index is 0.0971. The molecule has 2 N–H and O–H groups in total. The zero-order valence-corrected chi connectivity index (χ0v) is 20.3. The number of aliphatic hydroxyl groups is 1. The summed E-state index contributed by atoms with van der Waals surface area (Å²) in [7, 11) is 1.51. The van der Waals surface area contributed by atoms with E-state index in [1.54, 1.807) is 12.1 Å². The summed E-state index contributed by atoms with van der Waals surface area (Å²) in [5, 5.41) is 22.7. The highest BCUT2D eigenvalue weighted by atomic mass is 16.5. The molecule has 3 rings (SSSR count). The maximum Gasteiger partial charge on any atom is 0.302 e. The first-order valence-electron chi connectivity index (χ1n) is 12.3. The van der Waals surface area contributed by atoms with Gasteiger partial charge in [0.05, 0.1) is 25.1 Å². The number of hydrogen-bond acceptors (Lipinski definition) is 6. The molecule has 2 aromatic carbocycles. The standard InChI is InChI=1S/C28H37NO5/c1-20(30)34-24(15-13-21-14-16-27(32)28(17-21)33-2)18-23(31)10-6-4-3-5-9-22-19-29-26-12-8-7-11-25(22)26/h7-8,11-12,14,16-17,23-24,31-32H,3-6,9-10,13,15,18-19H2,1-2H3. The molecule has 2 atom stereocenters. The highest BCUT2D eigenvalue weighted by molar-refractivity contribution is 5.66. The number of unbranched alkanes of at least 4 members (excludes halogenated alkanes) is 3. The summed E-state index contributed by atoms with van der Waals surface area (Å²) in [5.41, 5.74) is 2.42. The van der Waals surface area contributed by atoms with Crippen LogP contribution in [0.25, 0.3) is 5.57 Å². The zero-order valence-electron chi connectivity index (χ0n) is 20.3. The second kappa shape index (κ2) is 13.1. The maximum absolute atomic E-state index is 11.5. The van der Waals surface area contributed by atoms with E-state index in [0.29, 0.717) is 31.4 Å². The Balaban J connectivity index is 1.37. The molecule has 2 unspecified atom stereocenters. The number of methoxy groups -OCH3 is 1. The second-order valence-electron chi connectivity index (χ2n) is 9.06. The van der Waals surface area contributed by atoms with Gasteiger partial charge in [-0.15, -0.1) is 0 Å². The molecule has 2 aromatic rings. The third-order valence-electron chi connectivity index (χ3n) is 6.36. The number of rotatable bonds is 14. The Morgan fingerprint density at radius 1 is 1.06 bits per heavy atom. The molecule has 0 saturated heterocycles. The molecule has 1 heterocycles. The molecule has 0 aromatic heterocycles. The van der Waals surface area contributed by atoms with E-state index < -0.39 is 6.10 Å². The summed E-state index contributed by atoms with van der Waals surface area (Å²) in [6.07, 6.45) is 6.97. The Morgan fingerprint density at radius 2 is 1.85 bits per heavy atom. The van der Waals surface area contributed by atoms with Crippen LogP contribution in [0.1, 0.15) is 63.9 Å². The molecule has 0 aliphatic carbocycles. The van der Waals surface area contributed by atoms with Crippen molar-refractivity contribution in [1.82, 2.24) is 0 Å². The number of aryl methyl sites for hydroxylation is 1. The minimum Gasteiger partial charge on any atom is -0.504 e. The molecular formula is C28H37NO5. The Morgan fingerprint density at radius 3 is 2.65 bits per heavy atom.